The smallest absolute Gasteiger partial charge is 0.119 e. The van der Waals surface area contributed by atoms with E-state index in [-0.39, 0.29) is 17.8 Å². The first kappa shape index (κ1) is 44.5. The van der Waals surface area contributed by atoms with E-state index in [1.807, 2.05) is 57.2 Å². The Bertz CT molecular complexity index is 1660. The average molecular weight is 687 g/mol. The van der Waals surface area contributed by atoms with Crippen LogP contribution >= 0.6 is 0 Å². The molecule has 2 nitrogen and oxygen atoms in total. The molecule has 4 unspecified atom stereocenters. The maximum absolute atomic E-state index is 11.1. The highest BCUT2D eigenvalue weighted by atomic mass is 16.5. The Labute approximate surface area is 312 Å². The first-order valence-corrected chi connectivity index (χ1v) is 18.5. The van der Waals surface area contributed by atoms with Gasteiger partial charge in [-0.05, 0) is 123 Å². The number of hydrogen-bond acceptors (Lipinski definition) is 2. The van der Waals surface area contributed by atoms with Gasteiger partial charge in [-0.25, -0.2) is 0 Å². The van der Waals surface area contributed by atoms with Crippen molar-refractivity contribution in [1.82, 2.24) is 0 Å². The molecule has 2 heteroatoms. The summed E-state index contributed by atoms with van der Waals surface area (Å²) in [4.78, 5) is 0. The lowest BCUT2D eigenvalue weighted by atomic mass is 9.79. The first-order valence-electron chi connectivity index (χ1n) is 18.5. The van der Waals surface area contributed by atoms with E-state index in [9.17, 15) is 5.11 Å². The summed E-state index contributed by atoms with van der Waals surface area (Å²) in [7, 11) is 0. The van der Waals surface area contributed by atoms with Gasteiger partial charge in [0.05, 0.1) is 0 Å². The molecule has 0 amide bonds. The van der Waals surface area contributed by atoms with E-state index in [2.05, 4.69) is 106 Å². The van der Waals surface area contributed by atoms with Gasteiger partial charge in [-0.1, -0.05) is 140 Å². The Kier molecular flexibility index (Phi) is 19.5. The van der Waals surface area contributed by atoms with E-state index < -0.39 is 0 Å². The zero-order valence-electron chi connectivity index (χ0n) is 33.6. The van der Waals surface area contributed by atoms with Crippen molar-refractivity contribution >= 4 is 5.57 Å². The molecule has 0 aliphatic heterocycles. The van der Waals surface area contributed by atoms with E-state index in [0.717, 1.165) is 79.9 Å². The number of phenolic OH excluding ortho intramolecular Hbond substituents is 1. The van der Waals surface area contributed by atoms with Crippen LogP contribution in [-0.4, -0.2) is 11.2 Å². The van der Waals surface area contributed by atoms with Gasteiger partial charge in [0.2, 0.25) is 0 Å². The summed E-state index contributed by atoms with van der Waals surface area (Å²) >= 11 is 0. The molecule has 274 valence electrons. The summed E-state index contributed by atoms with van der Waals surface area (Å²) < 4.78 is 6.82. The minimum atomic E-state index is 0.0559. The Morgan fingerprint density at radius 3 is 2.16 bits per heavy atom. The van der Waals surface area contributed by atoms with Crippen LogP contribution in [0.5, 0.6) is 5.75 Å². The Hall–Kier alpha value is -4.52. The van der Waals surface area contributed by atoms with Crippen LogP contribution in [-0.2, 0) is 11.2 Å². The van der Waals surface area contributed by atoms with Crippen LogP contribution in [0.1, 0.15) is 98.3 Å². The normalized spacial score (nSPS) is 17.7. The van der Waals surface area contributed by atoms with Gasteiger partial charge in [-0.3, -0.25) is 0 Å². The summed E-state index contributed by atoms with van der Waals surface area (Å²) in [6, 6.07) is 3.73. The molecule has 1 aromatic carbocycles. The molecule has 0 bridgehead atoms. The fourth-order valence-electron chi connectivity index (χ4n) is 6.68. The van der Waals surface area contributed by atoms with E-state index in [1.54, 1.807) is 18.2 Å². The summed E-state index contributed by atoms with van der Waals surface area (Å²) in [6.45, 7) is 45.8. The molecular weight excluding hydrogens is 621 g/mol. The van der Waals surface area contributed by atoms with Gasteiger partial charge in [0.15, 0.2) is 0 Å². The number of aromatic hydroxyl groups is 1. The molecule has 0 spiro atoms. The second kappa shape index (κ2) is 22.3. The van der Waals surface area contributed by atoms with E-state index in [0.29, 0.717) is 18.3 Å². The second-order valence-electron chi connectivity index (χ2n) is 13.3. The van der Waals surface area contributed by atoms with Crippen molar-refractivity contribution in [3.05, 3.63) is 173 Å². The molecule has 0 fully saturated rings. The molecule has 51 heavy (non-hydrogen) atoms. The van der Waals surface area contributed by atoms with Gasteiger partial charge >= 0.3 is 0 Å². The van der Waals surface area contributed by atoms with Crippen LogP contribution in [0.15, 0.2) is 157 Å². The molecule has 1 aliphatic carbocycles. The van der Waals surface area contributed by atoms with Crippen molar-refractivity contribution in [2.24, 2.45) is 17.8 Å². The van der Waals surface area contributed by atoms with E-state index in [4.69, 9.17) is 4.74 Å². The predicted octanol–water partition coefficient (Wildman–Crippen LogP) is 14.2. The van der Waals surface area contributed by atoms with Gasteiger partial charge in [0, 0.05) is 17.1 Å². The highest BCUT2D eigenvalue weighted by Crippen LogP contribution is 2.42. The Morgan fingerprint density at radius 1 is 1.00 bits per heavy atom. The summed E-state index contributed by atoms with van der Waals surface area (Å²) in [5.74, 6) is 2.18. The van der Waals surface area contributed by atoms with Gasteiger partial charge in [0.25, 0.3) is 0 Å². The maximum atomic E-state index is 11.1. The predicted molar refractivity (Wildman–Crippen MR) is 227 cm³/mol. The van der Waals surface area contributed by atoms with Crippen LogP contribution < -0.4 is 0 Å². The molecule has 1 N–H and O–H groups in total. The molecule has 1 aliphatic rings. The van der Waals surface area contributed by atoms with Crippen molar-refractivity contribution in [1.29, 1.82) is 0 Å². The molecule has 0 radical (unpaired) electrons. The Morgan fingerprint density at radius 2 is 1.67 bits per heavy atom. The summed E-state index contributed by atoms with van der Waals surface area (Å²) in [6.07, 6.45) is 21.7. The number of rotatable bonds is 17. The largest absolute Gasteiger partial charge is 0.508 e. The van der Waals surface area contributed by atoms with E-state index in [1.165, 1.54) is 6.42 Å². The van der Waals surface area contributed by atoms with Gasteiger partial charge in [0.1, 0.15) is 17.6 Å². The zero-order valence-corrected chi connectivity index (χ0v) is 33.6. The fourth-order valence-corrected chi connectivity index (χ4v) is 6.68. The molecule has 1 aromatic rings. The van der Waals surface area contributed by atoms with Gasteiger partial charge < -0.3 is 9.84 Å². The minimum Gasteiger partial charge on any atom is -0.508 e. The highest BCUT2D eigenvalue weighted by Gasteiger charge is 2.27. The van der Waals surface area contributed by atoms with Crippen molar-refractivity contribution in [2.45, 2.75) is 101 Å². The lowest BCUT2D eigenvalue weighted by Crippen LogP contribution is -2.24. The molecule has 0 saturated heterocycles. The van der Waals surface area contributed by atoms with Crippen LogP contribution in [0, 0.1) is 24.7 Å². The third-order valence-electron chi connectivity index (χ3n) is 9.60. The minimum absolute atomic E-state index is 0.0559. The van der Waals surface area contributed by atoms with Crippen molar-refractivity contribution in [3.8, 4) is 5.75 Å². The second-order valence-corrected chi connectivity index (χ2v) is 13.3. The monoisotopic (exact) mass is 687 g/mol. The topological polar surface area (TPSA) is 29.5 Å². The van der Waals surface area contributed by atoms with Crippen molar-refractivity contribution in [3.63, 3.8) is 0 Å². The Balaban J connectivity index is 0.00000638. The molecule has 0 saturated carbocycles. The average Bonchev–Trinajstić information content (AvgIpc) is 3.12. The molecule has 0 aromatic heterocycles. The number of hydrogen-bond donors (Lipinski definition) is 1. The standard InChI is InChI=1S/C47H60O2.C2H6/c1-15-21-23-42(37(14)49-45(20-6)39-26-24-32(9)25-27-39)40(19-5)46(31(7)8)47(33(10)17-3)36(13)41-28-29-44(48)43(35(41)12)30-34(11)38(18-4)22-16-2;1-2/h15-18,21-24,26,28-29,32,34,39,45,48H,1-5,13,20,25,27,30H2,6-12,14H3;1-2H3/b23-21+,38-22+,42-37+,47-33+;. The lowest BCUT2D eigenvalue weighted by Gasteiger charge is -2.30. The number of ether oxygens (including phenoxy) is 1. The van der Waals surface area contributed by atoms with Crippen molar-refractivity contribution < 1.29 is 9.84 Å². The highest BCUT2D eigenvalue weighted by molar-refractivity contribution is 5.89. The van der Waals surface area contributed by atoms with Gasteiger partial charge in [-0.15, -0.1) is 5.73 Å². The third kappa shape index (κ3) is 11.8. The quantitative estimate of drug-likeness (QED) is 0.0765. The van der Waals surface area contributed by atoms with Crippen LogP contribution in [0.25, 0.3) is 5.57 Å². The SMILES string of the molecule is C=C=C(C(=C(C)C)/C(C(=C)c1ccc(O)c(CC(C)/C(C=C)=C/C=C)c1C)=C(\C)C=C)C(/C=C/C=C)=C(\C)OC(CC)C1C=CC(C)CC1.CC. The van der Waals surface area contributed by atoms with Gasteiger partial charge in [-0.2, -0.15) is 0 Å². The molecule has 0 heterocycles. The zero-order chi connectivity index (χ0) is 38.8. The van der Waals surface area contributed by atoms with E-state index >= 15 is 0 Å². The molecule has 2 rings (SSSR count). The number of phenols is 1. The summed E-state index contributed by atoms with van der Waals surface area (Å²) in [5, 5.41) is 11.1. The molecular formula is C49H66O2. The number of benzene rings is 1. The maximum Gasteiger partial charge on any atom is 0.119 e. The van der Waals surface area contributed by atoms with Crippen LogP contribution in [0.4, 0.5) is 0 Å². The van der Waals surface area contributed by atoms with Crippen LogP contribution in [0.3, 0.4) is 0 Å². The first-order chi connectivity index (χ1) is 24.3. The third-order valence-corrected chi connectivity index (χ3v) is 9.60. The fraction of sp³-hybridized carbons (Fsp3) is 0.367. The lowest BCUT2D eigenvalue weighted by molar-refractivity contribution is 0.0703. The van der Waals surface area contributed by atoms with Crippen LogP contribution in [0.2, 0.25) is 0 Å². The van der Waals surface area contributed by atoms with Crippen molar-refractivity contribution in [2.75, 3.05) is 0 Å². The number of allylic oxidation sites excluding steroid dienone is 17. The molecule has 4 atom stereocenters. The summed E-state index contributed by atoms with van der Waals surface area (Å²) in [5.41, 5.74) is 13.7.